The lowest BCUT2D eigenvalue weighted by Gasteiger charge is -2.21. The van der Waals surface area contributed by atoms with Crippen LogP contribution in [0.5, 0.6) is 0 Å². The van der Waals surface area contributed by atoms with Crippen molar-refractivity contribution in [2.45, 2.75) is 13.3 Å². The van der Waals surface area contributed by atoms with Gasteiger partial charge in [-0.1, -0.05) is 159 Å². The summed E-state index contributed by atoms with van der Waals surface area (Å²) in [5.74, 6) is 0.689. The number of nitrogens with zero attached hydrogens (tertiary/aromatic N) is 4. The monoisotopic (exact) mass is 870 g/mol. The van der Waals surface area contributed by atoms with Gasteiger partial charge < -0.3 is 13.6 Å². The molecule has 68 heavy (non-hydrogen) atoms. The van der Waals surface area contributed by atoms with E-state index < -0.39 is 0 Å². The average molecular weight is 871 g/mol. The molecule has 320 valence electrons. The van der Waals surface area contributed by atoms with Gasteiger partial charge in [-0.05, 0) is 94.7 Å². The molecule has 1 aliphatic heterocycles. The third-order valence-corrected chi connectivity index (χ3v) is 14.1. The van der Waals surface area contributed by atoms with Gasteiger partial charge in [-0.15, -0.1) is 0 Å². The summed E-state index contributed by atoms with van der Waals surface area (Å²) >= 11 is 0. The van der Waals surface area contributed by atoms with E-state index in [1.54, 1.807) is 0 Å². The number of fused-ring (bicyclic) bond motifs is 11. The molecule has 0 saturated heterocycles. The van der Waals surface area contributed by atoms with E-state index in [1.807, 2.05) is 6.07 Å². The first-order chi connectivity index (χ1) is 33.6. The Labute approximate surface area is 391 Å². The van der Waals surface area contributed by atoms with Crippen molar-refractivity contribution in [1.29, 1.82) is 0 Å². The number of para-hydroxylation sites is 4. The van der Waals surface area contributed by atoms with Crippen LogP contribution < -0.4 is 0 Å². The minimum absolute atomic E-state index is 0.0263. The predicted octanol–water partition coefficient (Wildman–Crippen LogP) is 16.4. The fourth-order valence-corrected chi connectivity index (χ4v) is 10.9. The van der Waals surface area contributed by atoms with Gasteiger partial charge in [0.15, 0.2) is 11.4 Å². The van der Waals surface area contributed by atoms with Crippen molar-refractivity contribution in [3.8, 4) is 11.4 Å². The van der Waals surface area contributed by atoms with Gasteiger partial charge >= 0.3 is 0 Å². The molecule has 1 atom stereocenters. The molecule has 0 bridgehead atoms. The molecule has 1 unspecified atom stereocenters. The molecule has 0 spiro atoms. The van der Waals surface area contributed by atoms with E-state index in [0.717, 1.165) is 88.9 Å². The maximum atomic E-state index is 7.02. The number of hydrogen-bond acceptors (Lipinski definition) is 3. The van der Waals surface area contributed by atoms with Crippen LogP contribution in [0.2, 0.25) is 0 Å². The first-order valence-corrected chi connectivity index (χ1v) is 23.5. The number of benzene rings is 10. The van der Waals surface area contributed by atoms with E-state index >= 15 is 0 Å². The number of hydrogen-bond donors (Lipinski definition) is 0. The van der Waals surface area contributed by atoms with E-state index in [0.29, 0.717) is 12.3 Å². The SMILES string of the molecule is CC1C/C=C(\c2ccc3c(oc4ccccc43)c2-n2c3ccccc3c3cc4ccccc4cc32)N=C(c2ccc3ccccc3c2)N=C1c1cccc2c1c1ccccc1n2-c1ccccc1. The Hall–Kier alpha value is -8.80. The fourth-order valence-electron chi connectivity index (χ4n) is 10.9. The zero-order valence-corrected chi connectivity index (χ0v) is 37.3. The van der Waals surface area contributed by atoms with Crippen LogP contribution in [0.4, 0.5) is 0 Å². The fraction of sp³-hybridized carbons (Fsp3) is 0.0476. The first-order valence-electron chi connectivity index (χ1n) is 23.5. The summed E-state index contributed by atoms with van der Waals surface area (Å²) in [6, 6.07) is 76.1. The molecule has 0 radical (unpaired) electrons. The van der Waals surface area contributed by atoms with E-state index in [4.69, 9.17) is 14.4 Å². The third kappa shape index (κ3) is 5.89. The van der Waals surface area contributed by atoms with Crippen LogP contribution in [-0.4, -0.2) is 20.7 Å². The van der Waals surface area contributed by atoms with Crippen molar-refractivity contribution in [3.63, 3.8) is 0 Å². The van der Waals surface area contributed by atoms with Crippen LogP contribution in [0.3, 0.4) is 0 Å². The molecule has 5 nitrogen and oxygen atoms in total. The van der Waals surface area contributed by atoms with E-state index in [2.05, 4.69) is 228 Å². The number of aliphatic imine (C=N–C) groups is 2. The largest absolute Gasteiger partial charge is 0.454 e. The van der Waals surface area contributed by atoms with Crippen LogP contribution in [-0.2, 0) is 0 Å². The molecule has 3 aromatic heterocycles. The highest BCUT2D eigenvalue weighted by molar-refractivity contribution is 6.25. The molecule has 10 aromatic carbocycles. The molecule has 0 aliphatic carbocycles. The van der Waals surface area contributed by atoms with Crippen LogP contribution in [0.15, 0.2) is 233 Å². The highest BCUT2D eigenvalue weighted by atomic mass is 16.3. The molecule has 0 saturated carbocycles. The van der Waals surface area contributed by atoms with Crippen LogP contribution in [0.25, 0.3) is 104 Å². The lowest BCUT2D eigenvalue weighted by Crippen LogP contribution is -2.17. The Bertz CT molecular complexity index is 4310. The van der Waals surface area contributed by atoms with Crippen molar-refractivity contribution < 1.29 is 4.42 Å². The van der Waals surface area contributed by atoms with Gasteiger partial charge in [0.05, 0.1) is 39.2 Å². The molecule has 4 heterocycles. The summed E-state index contributed by atoms with van der Waals surface area (Å²) in [5.41, 5.74) is 13.2. The van der Waals surface area contributed by atoms with Crippen molar-refractivity contribution in [2.24, 2.45) is 15.9 Å². The molecular weight excluding hydrogens is 829 g/mol. The molecule has 0 amide bonds. The topological polar surface area (TPSA) is 47.7 Å². The van der Waals surface area contributed by atoms with Gasteiger partial charge in [-0.3, -0.25) is 0 Å². The molecule has 13 aromatic rings. The Morgan fingerprint density at radius 1 is 0.456 bits per heavy atom. The third-order valence-electron chi connectivity index (χ3n) is 14.1. The molecule has 5 heteroatoms. The average Bonchev–Trinajstić information content (AvgIpc) is 4.05. The van der Waals surface area contributed by atoms with Crippen LogP contribution in [0, 0.1) is 5.92 Å². The normalized spacial score (nSPS) is 15.4. The maximum Gasteiger partial charge on any atom is 0.160 e. The minimum atomic E-state index is 0.0263. The second kappa shape index (κ2) is 15.1. The van der Waals surface area contributed by atoms with E-state index in [1.165, 1.54) is 37.7 Å². The van der Waals surface area contributed by atoms with E-state index in [-0.39, 0.29) is 5.92 Å². The van der Waals surface area contributed by atoms with Crippen molar-refractivity contribution in [3.05, 3.63) is 235 Å². The Morgan fingerprint density at radius 2 is 1.12 bits per heavy atom. The summed E-state index contributed by atoms with van der Waals surface area (Å²) in [6.45, 7) is 2.31. The maximum absolute atomic E-state index is 7.02. The highest BCUT2D eigenvalue weighted by Gasteiger charge is 2.27. The smallest absolute Gasteiger partial charge is 0.160 e. The van der Waals surface area contributed by atoms with Crippen molar-refractivity contribution >= 4 is 104 Å². The summed E-state index contributed by atoms with van der Waals surface area (Å²) in [7, 11) is 0. The second-order valence-electron chi connectivity index (χ2n) is 18.1. The number of aromatic nitrogens is 2. The minimum Gasteiger partial charge on any atom is -0.454 e. The van der Waals surface area contributed by atoms with Gasteiger partial charge in [0.2, 0.25) is 0 Å². The quantitative estimate of drug-likeness (QED) is 0.170. The lowest BCUT2D eigenvalue weighted by atomic mass is 9.90. The number of furan rings is 1. The molecule has 0 fully saturated rings. The lowest BCUT2D eigenvalue weighted by molar-refractivity contribution is 0.666. The number of allylic oxidation sites excluding steroid dienone is 1. The summed E-state index contributed by atoms with van der Waals surface area (Å²) in [4.78, 5) is 11.5. The van der Waals surface area contributed by atoms with Gasteiger partial charge in [0.1, 0.15) is 5.58 Å². The van der Waals surface area contributed by atoms with E-state index in [9.17, 15) is 0 Å². The molecule has 0 N–H and O–H groups in total. The summed E-state index contributed by atoms with van der Waals surface area (Å²) in [5, 5.41) is 11.6. The standard InChI is InChI=1S/C63H42N4O/c1-39-30-35-53(49-34-33-48-47-23-11-14-29-58(47)68-62(48)61(49)67-54-26-12-9-22-46(54)52-37-42-18-7-8-19-43(42)38-57(52)67)64-63(44-32-31-40-16-5-6-17-41(40)36-44)65-60(39)51-25-15-28-56-59(51)50-24-10-13-27-55(50)66(56)45-20-3-2-4-21-45/h2-29,31-39H,30H2,1H3/b53-35+,64-63?,65-60?. The Kier molecular flexibility index (Phi) is 8.56. The summed E-state index contributed by atoms with van der Waals surface area (Å²) < 4.78 is 11.8. The number of amidine groups is 1. The molecule has 14 rings (SSSR count). The Morgan fingerprint density at radius 3 is 1.94 bits per heavy atom. The molecular formula is C63H42N4O. The zero-order chi connectivity index (χ0) is 44.9. The number of rotatable bonds is 5. The van der Waals surface area contributed by atoms with Crippen molar-refractivity contribution in [2.75, 3.05) is 0 Å². The van der Waals surface area contributed by atoms with Gasteiger partial charge in [0, 0.05) is 60.6 Å². The van der Waals surface area contributed by atoms with Gasteiger partial charge in [-0.25, -0.2) is 9.98 Å². The summed E-state index contributed by atoms with van der Waals surface area (Å²) in [6.07, 6.45) is 3.05. The first kappa shape index (κ1) is 38.5. The van der Waals surface area contributed by atoms with Gasteiger partial charge in [-0.2, -0.15) is 0 Å². The predicted molar refractivity (Wildman–Crippen MR) is 285 cm³/mol. The molecule has 1 aliphatic rings. The van der Waals surface area contributed by atoms with Gasteiger partial charge in [0.25, 0.3) is 0 Å². The zero-order valence-electron chi connectivity index (χ0n) is 37.3. The highest BCUT2D eigenvalue weighted by Crippen LogP contribution is 2.44. The second-order valence-corrected chi connectivity index (χ2v) is 18.1. The van der Waals surface area contributed by atoms with Crippen LogP contribution in [0.1, 0.15) is 30.0 Å². The van der Waals surface area contributed by atoms with Crippen molar-refractivity contribution in [1.82, 2.24) is 9.13 Å². The Balaban J connectivity index is 1.06. The van der Waals surface area contributed by atoms with Crippen LogP contribution >= 0.6 is 0 Å².